The Morgan fingerprint density at radius 3 is 2.35 bits per heavy atom. The molecule has 4 saturated heterocycles. The van der Waals surface area contributed by atoms with Gasteiger partial charge in [0.15, 0.2) is 6.23 Å². The van der Waals surface area contributed by atoms with E-state index in [1.54, 1.807) is 0 Å². The van der Waals surface area contributed by atoms with Gasteiger partial charge < -0.3 is 4.74 Å². The molecule has 0 amide bonds. The highest BCUT2D eigenvalue weighted by Gasteiger charge is 2.46. The van der Waals surface area contributed by atoms with Crippen LogP contribution in [0, 0.1) is 11.8 Å². The SMILES string of the molecule is Cl.O=C(OC1C2CCNN1CC2)C1C2CCNN1CC2. The summed E-state index contributed by atoms with van der Waals surface area (Å²) in [5.41, 5.74) is 6.65. The van der Waals surface area contributed by atoms with E-state index in [1.165, 1.54) is 0 Å². The fraction of sp³-hybridized carbons (Fsp3) is 0.923. The number of carbonyl (C=O) groups is 1. The van der Waals surface area contributed by atoms with E-state index in [1.807, 2.05) is 0 Å². The van der Waals surface area contributed by atoms with E-state index in [-0.39, 0.29) is 30.6 Å². The predicted molar refractivity (Wildman–Crippen MR) is 75.8 cm³/mol. The normalized spacial score (nSPS) is 45.8. The third-order valence-corrected chi connectivity index (χ3v) is 5.11. The minimum atomic E-state index is -0.0590. The van der Waals surface area contributed by atoms with Gasteiger partial charge in [-0.3, -0.25) is 15.6 Å². The van der Waals surface area contributed by atoms with Crippen LogP contribution < -0.4 is 10.9 Å². The van der Waals surface area contributed by atoms with Gasteiger partial charge in [0.1, 0.15) is 6.04 Å². The Morgan fingerprint density at radius 2 is 1.60 bits per heavy atom. The van der Waals surface area contributed by atoms with E-state index >= 15 is 0 Å². The summed E-state index contributed by atoms with van der Waals surface area (Å²) in [7, 11) is 0. The van der Waals surface area contributed by atoms with Crippen LogP contribution >= 0.6 is 12.4 Å². The number of hydrazine groups is 2. The molecule has 4 fully saturated rings. The maximum atomic E-state index is 12.5. The third-order valence-electron chi connectivity index (χ3n) is 5.11. The summed E-state index contributed by atoms with van der Waals surface area (Å²) in [6.45, 7) is 3.98. The Balaban J connectivity index is 0.00000121. The van der Waals surface area contributed by atoms with Crippen LogP contribution in [0.4, 0.5) is 0 Å². The van der Waals surface area contributed by atoms with Gasteiger partial charge in [0.25, 0.3) is 0 Å². The first-order chi connectivity index (χ1) is 9.33. The zero-order valence-corrected chi connectivity index (χ0v) is 12.4. The van der Waals surface area contributed by atoms with Crippen molar-refractivity contribution in [2.45, 2.75) is 38.0 Å². The van der Waals surface area contributed by atoms with Crippen LogP contribution in [-0.2, 0) is 9.53 Å². The largest absolute Gasteiger partial charge is 0.444 e. The number of esters is 1. The van der Waals surface area contributed by atoms with Crippen LogP contribution in [0.25, 0.3) is 0 Å². The maximum Gasteiger partial charge on any atom is 0.326 e. The summed E-state index contributed by atoms with van der Waals surface area (Å²) in [6.07, 6.45) is 4.42. The molecule has 0 spiro atoms. The van der Waals surface area contributed by atoms with Crippen LogP contribution in [0.1, 0.15) is 25.7 Å². The molecule has 4 heterocycles. The Bertz CT molecular complexity index is 351. The summed E-state index contributed by atoms with van der Waals surface area (Å²) in [5, 5.41) is 4.20. The molecule has 0 aromatic heterocycles. The van der Waals surface area contributed by atoms with Gasteiger partial charge in [0.2, 0.25) is 0 Å². The van der Waals surface area contributed by atoms with Gasteiger partial charge in [-0.2, -0.15) is 0 Å². The number of nitrogens with one attached hydrogen (secondary N) is 2. The van der Waals surface area contributed by atoms with Crippen molar-refractivity contribution in [2.24, 2.45) is 11.8 Å². The minimum Gasteiger partial charge on any atom is -0.444 e. The Kier molecular flexibility index (Phi) is 4.19. The van der Waals surface area contributed by atoms with Crippen LogP contribution in [0.5, 0.6) is 0 Å². The Labute approximate surface area is 125 Å². The van der Waals surface area contributed by atoms with Crippen LogP contribution in [0.3, 0.4) is 0 Å². The summed E-state index contributed by atoms with van der Waals surface area (Å²) >= 11 is 0. The quantitative estimate of drug-likeness (QED) is 0.706. The molecule has 0 saturated carbocycles. The summed E-state index contributed by atoms with van der Waals surface area (Å²) in [6, 6.07) is -0.0590. The van der Waals surface area contributed by atoms with E-state index in [0.29, 0.717) is 11.8 Å². The molecule has 7 heteroatoms. The summed E-state index contributed by atoms with van der Waals surface area (Å²) < 4.78 is 5.84. The van der Waals surface area contributed by atoms with Crippen molar-refractivity contribution in [3.05, 3.63) is 0 Å². The third kappa shape index (κ3) is 2.33. The summed E-state index contributed by atoms with van der Waals surface area (Å²) in [4.78, 5) is 12.5. The van der Waals surface area contributed by atoms with Gasteiger partial charge in [0, 0.05) is 32.1 Å². The molecule has 4 rings (SSSR count). The molecular weight excluding hydrogens is 280 g/mol. The summed E-state index contributed by atoms with van der Waals surface area (Å²) in [5.74, 6) is 0.979. The lowest BCUT2D eigenvalue weighted by Gasteiger charge is -2.36. The second kappa shape index (κ2) is 5.77. The lowest BCUT2D eigenvalue weighted by Crippen LogP contribution is -2.56. The highest BCUT2D eigenvalue weighted by atomic mass is 35.5. The average molecular weight is 303 g/mol. The zero-order valence-electron chi connectivity index (χ0n) is 11.6. The lowest BCUT2D eigenvalue weighted by atomic mass is 9.95. The minimum absolute atomic E-state index is 0. The fourth-order valence-corrected chi connectivity index (χ4v) is 4.08. The van der Waals surface area contributed by atoms with Gasteiger partial charge in [0.05, 0.1) is 0 Å². The highest BCUT2D eigenvalue weighted by Crippen LogP contribution is 2.33. The molecular formula is C13H23ClN4O2. The Morgan fingerprint density at radius 1 is 0.950 bits per heavy atom. The number of hydrogen-bond donors (Lipinski definition) is 2. The van der Waals surface area contributed by atoms with E-state index < -0.39 is 0 Å². The number of hydrogen-bond acceptors (Lipinski definition) is 6. The molecule has 0 radical (unpaired) electrons. The number of carbonyl (C=O) groups excluding carboxylic acids is 1. The van der Waals surface area contributed by atoms with E-state index in [9.17, 15) is 4.79 Å². The standard InChI is InChI=1S/C13H22N4O2.ClH/c18-13(11-9-1-5-14-16(11)7-3-9)19-12-10-2-6-15-17(12)8-4-10;/h9-12,14-15H,1-8H2;1H. The molecule has 6 atom stereocenters. The van der Waals surface area contributed by atoms with Gasteiger partial charge in [-0.1, -0.05) is 0 Å². The first-order valence-electron chi connectivity index (χ1n) is 7.54. The van der Waals surface area contributed by atoms with Crippen molar-refractivity contribution in [3.63, 3.8) is 0 Å². The molecule has 114 valence electrons. The average Bonchev–Trinajstić information content (AvgIpc) is 2.80. The molecule has 4 bridgehead atoms. The predicted octanol–water partition coefficient (Wildman–Crippen LogP) is 0.107. The topological polar surface area (TPSA) is 56.8 Å². The monoisotopic (exact) mass is 302 g/mol. The highest BCUT2D eigenvalue weighted by molar-refractivity contribution is 5.85. The van der Waals surface area contributed by atoms with Crippen molar-refractivity contribution < 1.29 is 9.53 Å². The van der Waals surface area contributed by atoms with Gasteiger partial charge >= 0.3 is 5.97 Å². The number of nitrogens with zero attached hydrogens (tertiary/aromatic N) is 2. The lowest BCUT2D eigenvalue weighted by molar-refractivity contribution is -0.175. The molecule has 0 aromatic carbocycles. The maximum absolute atomic E-state index is 12.5. The molecule has 20 heavy (non-hydrogen) atoms. The number of fused-ring (bicyclic) bond motifs is 4. The smallest absolute Gasteiger partial charge is 0.326 e. The van der Waals surface area contributed by atoms with Gasteiger partial charge in [-0.25, -0.2) is 10.0 Å². The van der Waals surface area contributed by atoms with Gasteiger partial charge in [-0.15, -0.1) is 12.4 Å². The molecule has 2 N–H and O–H groups in total. The molecule has 0 aromatic rings. The Hall–Kier alpha value is -0.400. The van der Waals surface area contributed by atoms with E-state index in [0.717, 1.165) is 51.9 Å². The molecule has 4 aliphatic rings. The first kappa shape index (κ1) is 14.5. The second-order valence-corrected chi connectivity index (χ2v) is 6.15. The number of rotatable bonds is 2. The molecule has 6 unspecified atom stereocenters. The first-order valence-corrected chi connectivity index (χ1v) is 7.54. The van der Waals surface area contributed by atoms with Crippen molar-refractivity contribution in [1.82, 2.24) is 20.9 Å². The zero-order chi connectivity index (χ0) is 12.8. The van der Waals surface area contributed by atoms with Crippen molar-refractivity contribution >= 4 is 18.4 Å². The van der Waals surface area contributed by atoms with E-state index in [4.69, 9.17) is 4.74 Å². The second-order valence-electron chi connectivity index (χ2n) is 6.15. The van der Waals surface area contributed by atoms with E-state index in [2.05, 4.69) is 20.9 Å². The number of ether oxygens (including phenoxy) is 1. The van der Waals surface area contributed by atoms with Gasteiger partial charge in [-0.05, 0) is 31.6 Å². The number of halogens is 1. The van der Waals surface area contributed by atoms with Crippen molar-refractivity contribution in [3.8, 4) is 0 Å². The van der Waals surface area contributed by atoms with Crippen LogP contribution in [-0.4, -0.2) is 54.4 Å². The molecule has 4 aliphatic heterocycles. The van der Waals surface area contributed by atoms with Crippen molar-refractivity contribution in [1.29, 1.82) is 0 Å². The van der Waals surface area contributed by atoms with Crippen LogP contribution in [0.2, 0.25) is 0 Å². The molecule has 0 aliphatic carbocycles. The van der Waals surface area contributed by atoms with Crippen LogP contribution in [0.15, 0.2) is 0 Å². The fourth-order valence-electron chi connectivity index (χ4n) is 4.08. The molecule has 6 nitrogen and oxygen atoms in total. The van der Waals surface area contributed by atoms with Crippen molar-refractivity contribution in [2.75, 3.05) is 26.2 Å².